The lowest BCUT2D eigenvalue weighted by Gasteiger charge is -2.11. The second-order valence-electron chi connectivity index (χ2n) is 6.32. The molecule has 0 unspecified atom stereocenters. The number of aromatic amines is 1. The fraction of sp³-hybridized carbons (Fsp3) is 0.100. The number of hydrogen-bond donors (Lipinski definition) is 3. The minimum atomic E-state index is -0.196. The van der Waals surface area contributed by atoms with Crippen LogP contribution in [0, 0.1) is 0 Å². The van der Waals surface area contributed by atoms with Gasteiger partial charge >= 0.3 is 0 Å². The van der Waals surface area contributed by atoms with Crippen LogP contribution in [0.3, 0.4) is 0 Å². The maximum Gasteiger partial charge on any atom is 0.251 e. The number of aromatic nitrogens is 4. The van der Waals surface area contributed by atoms with Gasteiger partial charge in [-0.25, -0.2) is 10.1 Å². The number of nitrogens with one attached hydrogen (secondary N) is 2. The van der Waals surface area contributed by atoms with Crippen LogP contribution in [0.25, 0.3) is 11.2 Å². The predicted molar refractivity (Wildman–Crippen MR) is 109 cm³/mol. The number of amides is 1. The average Bonchev–Trinajstić information content (AvgIpc) is 3.20. The lowest BCUT2D eigenvalue weighted by atomic mass is 10.1. The summed E-state index contributed by atoms with van der Waals surface area (Å²) in [6, 6.07) is 16.3. The molecule has 4 aromatic rings. The largest absolute Gasteiger partial charge is 0.486 e. The Hall–Kier alpha value is -3.65. The van der Waals surface area contributed by atoms with E-state index >= 15 is 0 Å². The highest BCUT2D eigenvalue weighted by Crippen LogP contribution is 2.26. The molecule has 1 amide bonds. The molecule has 0 aliphatic heterocycles. The van der Waals surface area contributed by atoms with E-state index in [0.717, 1.165) is 5.56 Å². The topological polar surface area (TPSA) is 119 Å². The van der Waals surface area contributed by atoms with Crippen molar-refractivity contribution in [2.75, 3.05) is 5.73 Å². The number of ether oxygens (including phenoxy) is 1. The normalized spacial score (nSPS) is 10.8. The number of nitrogens with two attached hydrogens (primary N) is 1. The van der Waals surface area contributed by atoms with Gasteiger partial charge in [0.05, 0.1) is 0 Å². The molecule has 9 heteroatoms. The first kappa shape index (κ1) is 18.7. The third-order valence-electron chi connectivity index (χ3n) is 4.27. The zero-order valence-electron chi connectivity index (χ0n) is 15.2. The summed E-state index contributed by atoms with van der Waals surface area (Å²) in [7, 11) is 0. The molecule has 0 aliphatic rings. The Labute approximate surface area is 171 Å². The van der Waals surface area contributed by atoms with Crippen LogP contribution in [-0.4, -0.2) is 26.3 Å². The van der Waals surface area contributed by atoms with E-state index in [2.05, 4.69) is 25.7 Å². The van der Waals surface area contributed by atoms with Gasteiger partial charge in [0.2, 0.25) is 0 Å². The van der Waals surface area contributed by atoms with Gasteiger partial charge in [0, 0.05) is 28.8 Å². The van der Waals surface area contributed by atoms with E-state index in [0.29, 0.717) is 39.6 Å². The van der Waals surface area contributed by atoms with Gasteiger partial charge in [0.15, 0.2) is 16.9 Å². The Morgan fingerprint density at radius 1 is 1.17 bits per heavy atom. The summed E-state index contributed by atoms with van der Waals surface area (Å²) in [5.41, 5.74) is 8.85. The highest BCUT2D eigenvalue weighted by atomic mass is 35.5. The van der Waals surface area contributed by atoms with Gasteiger partial charge in [-0.05, 0) is 23.8 Å². The zero-order chi connectivity index (χ0) is 20.2. The van der Waals surface area contributed by atoms with Crippen LogP contribution < -0.4 is 15.8 Å². The fourth-order valence-corrected chi connectivity index (χ4v) is 2.98. The van der Waals surface area contributed by atoms with Gasteiger partial charge in [0.1, 0.15) is 12.4 Å². The van der Waals surface area contributed by atoms with Crippen molar-refractivity contribution in [3.8, 4) is 5.75 Å². The second-order valence-corrected chi connectivity index (χ2v) is 6.72. The Morgan fingerprint density at radius 2 is 2.00 bits per heavy atom. The smallest absolute Gasteiger partial charge is 0.251 e. The van der Waals surface area contributed by atoms with Crippen LogP contribution in [0.2, 0.25) is 5.02 Å². The number of fused-ring (bicyclic) bond motifs is 1. The van der Waals surface area contributed by atoms with Crippen LogP contribution in [0.15, 0.2) is 54.6 Å². The molecule has 2 aromatic carbocycles. The third kappa shape index (κ3) is 4.27. The van der Waals surface area contributed by atoms with Crippen molar-refractivity contribution in [1.29, 1.82) is 0 Å². The van der Waals surface area contributed by atoms with Crippen molar-refractivity contribution >= 4 is 34.5 Å². The molecule has 0 spiro atoms. The van der Waals surface area contributed by atoms with Gasteiger partial charge < -0.3 is 15.8 Å². The number of nitrogens with zero attached hydrogens (tertiary/aromatic N) is 3. The summed E-state index contributed by atoms with van der Waals surface area (Å²) in [5, 5.41) is 13.7. The molecule has 0 fully saturated rings. The molecular weight excluding hydrogens is 392 g/mol. The standard InChI is InChI=1S/C20H17ClN6O2/c21-15-7-6-13(20(28)23-10-12-4-2-1-3-5-12)8-14(15)11-29-16-9-17(22)24-19-18(16)25-27-26-19/h1-9H,10-11H2,(H,23,28)(H3,22,24,25,26,27). The SMILES string of the molecule is Nc1cc(OCc2cc(C(=O)NCc3ccccc3)ccc2Cl)c2nn[nH]c2n1. The van der Waals surface area contributed by atoms with Gasteiger partial charge in [-0.2, -0.15) is 0 Å². The molecule has 0 radical (unpaired) electrons. The van der Waals surface area contributed by atoms with Crippen LogP contribution in [-0.2, 0) is 13.2 Å². The summed E-state index contributed by atoms with van der Waals surface area (Å²) in [6.07, 6.45) is 0. The molecule has 4 N–H and O–H groups in total. The molecule has 29 heavy (non-hydrogen) atoms. The summed E-state index contributed by atoms with van der Waals surface area (Å²) in [5.74, 6) is 0.508. The molecule has 0 bridgehead atoms. The van der Waals surface area contributed by atoms with E-state index in [1.54, 1.807) is 24.3 Å². The maximum absolute atomic E-state index is 12.5. The first-order valence-corrected chi connectivity index (χ1v) is 9.18. The summed E-state index contributed by atoms with van der Waals surface area (Å²) in [6.45, 7) is 0.568. The van der Waals surface area contributed by atoms with E-state index in [1.807, 2.05) is 30.3 Å². The first-order valence-electron chi connectivity index (χ1n) is 8.81. The number of carbonyl (C=O) groups excluding carboxylic acids is 1. The van der Waals surface area contributed by atoms with E-state index < -0.39 is 0 Å². The number of rotatable bonds is 6. The average molecular weight is 409 g/mol. The van der Waals surface area contributed by atoms with E-state index in [-0.39, 0.29) is 18.3 Å². The minimum Gasteiger partial charge on any atom is -0.486 e. The number of halogens is 1. The molecule has 0 saturated heterocycles. The highest BCUT2D eigenvalue weighted by Gasteiger charge is 2.13. The Kier molecular flexibility index (Phi) is 5.26. The number of pyridine rings is 1. The van der Waals surface area contributed by atoms with E-state index in [1.165, 1.54) is 0 Å². The Morgan fingerprint density at radius 3 is 2.83 bits per heavy atom. The molecule has 2 heterocycles. The lowest BCUT2D eigenvalue weighted by molar-refractivity contribution is 0.0950. The highest BCUT2D eigenvalue weighted by molar-refractivity contribution is 6.31. The zero-order valence-corrected chi connectivity index (χ0v) is 16.0. The molecule has 146 valence electrons. The lowest BCUT2D eigenvalue weighted by Crippen LogP contribution is -2.22. The Balaban J connectivity index is 1.48. The maximum atomic E-state index is 12.5. The second kappa shape index (κ2) is 8.15. The molecule has 8 nitrogen and oxygen atoms in total. The van der Waals surface area contributed by atoms with Crippen molar-refractivity contribution in [3.05, 3.63) is 76.3 Å². The molecular formula is C20H17ClN6O2. The Bertz CT molecular complexity index is 1160. The monoisotopic (exact) mass is 408 g/mol. The van der Waals surface area contributed by atoms with Crippen LogP contribution in [0.4, 0.5) is 5.82 Å². The number of benzene rings is 2. The van der Waals surface area contributed by atoms with Crippen molar-refractivity contribution in [2.45, 2.75) is 13.2 Å². The van der Waals surface area contributed by atoms with Gasteiger partial charge in [-0.15, -0.1) is 5.10 Å². The fourth-order valence-electron chi connectivity index (χ4n) is 2.80. The van der Waals surface area contributed by atoms with Crippen LogP contribution in [0.5, 0.6) is 5.75 Å². The number of anilines is 1. The number of carbonyl (C=O) groups is 1. The number of hydrogen-bond acceptors (Lipinski definition) is 6. The van der Waals surface area contributed by atoms with Crippen LogP contribution >= 0.6 is 11.6 Å². The molecule has 0 aliphatic carbocycles. The number of H-pyrrole nitrogens is 1. The van der Waals surface area contributed by atoms with Crippen molar-refractivity contribution in [3.63, 3.8) is 0 Å². The van der Waals surface area contributed by atoms with Gasteiger partial charge in [0.25, 0.3) is 5.91 Å². The van der Waals surface area contributed by atoms with Gasteiger partial charge in [-0.3, -0.25) is 4.79 Å². The van der Waals surface area contributed by atoms with Crippen LogP contribution in [0.1, 0.15) is 21.5 Å². The quantitative estimate of drug-likeness (QED) is 0.451. The van der Waals surface area contributed by atoms with E-state index in [4.69, 9.17) is 22.1 Å². The summed E-state index contributed by atoms with van der Waals surface area (Å²) < 4.78 is 5.83. The number of nitrogen functional groups attached to an aromatic ring is 1. The predicted octanol–water partition coefficient (Wildman–Crippen LogP) is 3.10. The van der Waals surface area contributed by atoms with Crippen molar-refractivity contribution < 1.29 is 9.53 Å². The van der Waals surface area contributed by atoms with E-state index in [9.17, 15) is 4.79 Å². The molecule has 0 atom stereocenters. The first-order chi connectivity index (χ1) is 14.1. The van der Waals surface area contributed by atoms with Crippen molar-refractivity contribution in [2.24, 2.45) is 0 Å². The summed E-state index contributed by atoms with van der Waals surface area (Å²) >= 11 is 6.29. The minimum absolute atomic E-state index is 0.129. The third-order valence-corrected chi connectivity index (χ3v) is 4.64. The molecule has 0 saturated carbocycles. The summed E-state index contributed by atoms with van der Waals surface area (Å²) in [4.78, 5) is 16.6. The molecule has 4 rings (SSSR count). The van der Waals surface area contributed by atoms with Gasteiger partial charge in [-0.1, -0.05) is 47.1 Å². The molecule has 2 aromatic heterocycles. The van der Waals surface area contributed by atoms with Crippen molar-refractivity contribution in [1.82, 2.24) is 25.7 Å².